The summed E-state index contributed by atoms with van der Waals surface area (Å²) in [5.74, 6) is -1.32. The highest BCUT2D eigenvalue weighted by Gasteiger charge is 2.48. The standard InChI is InChI=1S/C14H19NO4S/c1-11-7-5-6-10-14(11,13(16)17)15-20(18,19)12-8-3-2-4-9-12/h2-4,8-9,11,15H,5-7,10H2,1H3,(H,16,17). The largest absolute Gasteiger partial charge is 0.480 e. The summed E-state index contributed by atoms with van der Waals surface area (Å²) in [4.78, 5) is 11.8. The Hall–Kier alpha value is -1.40. The van der Waals surface area contributed by atoms with E-state index in [2.05, 4.69) is 4.72 Å². The second-order valence-electron chi connectivity index (χ2n) is 5.34. The minimum Gasteiger partial charge on any atom is -0.480 e. The van der Waals surface area contributed by atoms with Gasteiger partial charge in [-0.25, -0.2) is 8.42 Å². The number of hydrogen-bond donors (Lipinski definition) is 2. The molecular weight excluding hydrogens is 278 g/mol. The monoisotopic (exact) mass is 297 g/mol. The molecule has 1 saturated carbocycles. The van der Waals surface area contributed by atoms with Crippen LogP contribution in [0.5, 0.6) is 0 Å². The number of sulfonamides is 1. The molecule has 1 aromatic carbocycles. The molecule has 2 rings (SSSR count). The van der Waals surface area contributed by atoms with E-state index < -0.39 is 21.5 Å². The molecule has 1 aliphatic rings. The van der Waals surface area contributed by atoms with Gasteiger partial charge in [-0.15, -0.1) is 0 Å². The zero-order valence-electron chi connectivity index (χ0n) is 11.4. The molecule has 0 spiro atoms. The molecule has 1 fully saturated rings. The van der Waals surface area contributed by atoms with E-state index in [1.54, 1.807) is 25.1 Å². The molecule has 0 saturated heterocycles. The maximum Gasteiger partial charge on any atom is 0.325 e. The Bertz CT molecular complexity index is 584. The number of carboxylic acids is 1. The molecular formula is C14H19NO4S. The van der Waals surface area contributed by atoms with E-state index in [-0.39, 0.29) is 10.8 Å². The van der Waals surface area contributed by atoms with Gasteiger partial charge < -0.3 is 5.11 Å². The third kappa shape index (κ3) is 2.71. The van der Waals surface area contributed by atoms with Crippen LogP contribution in [-0.2, 0) is 14.8 Å². The molecule has 0 aliphatic heterocycles. The average Bonchev–Trinajstić information content (AvgIpc) is 2.42. The van der Waals surface area contributed by atoms with Gasteiger partial charge in [-0.1, -0.05) is 38.0 Å². The van der Waals surface area contributed by atoms with Crippen molar-refractivity contribution in [2.24, 2.45) is 5.92 Å². The highest BCUT2D eigenvalue weighted by atomic mass is 32.2. The summed E-state index contributed by atoms with van der Waals surface area (Å²) in [6, 6.07) is 7.88. The summed E-state index contributed by atoms with van der Waals surface area (Å²) in [5.41, 5.74) is -1.40. The second-order valence-corrected chi connectivity index (χ2v) is 7.02. The quantitative estimate of drug-likeness (QED) is 0.890. The van der Waals surface area contributed by atoms with Crippen LogP contribution >= 0.6 is 0 Å². The van der Waals surface area contributed by atoms with Crippen LogP contribution in [0.1, 0.15) is 32.6 Å². The molecule has 2 unspecified atom stereocenters. The van der Waals surface area contributed by atoms with Gasteiger partial charge in [0, 0.05) is 0 Å². The van der Waals surface area contributed by atoms with E-state index >= 15 is 0 Å². The number of carbonyl (C=O) groups is 1. The van der Waals surface area contributed by atoms with Crippen molar-refractivity contribution < 1.29 is 18.3 Å². The van der Waals surface area contributed by atoms with Gasteiger partial charge >= 0.3 is 5.97 Å². The predicted molar refractivity (Wildman–Crippen MR) is 74.8 cm³/mol. The summed E-state index contributed by atoms with van der Waals surface area (Å²) < 4.78 is 27.2. The van der Waals surface area contributed by atoms with Gasteiger partial charge in [-0.2, -0.15) is 4.72 Å². The predicted octanol–water partition coefficient (Wildman–Crippen LogP) is 2.00. The molecule has 0 amide bonds. The molecule has 6 heteroatoms. The van der Waals surface area contributed by atoms with Gasteiger partial charge in [-0.05, 0) is 30.9 Å². The summed E-state index contributed by atoms with van der Waals surface area (Å²) in [5, 5.41) is 9.54. The number of hydrogen-bond acceptors (Lipinski definition) is 3. The third-order valence-electron chi connectivity index (χ3n) is 4.05. The van der Waals surface area contributed by atoms with E-state index in [0.717, 1.165) is 6.42 Å². The van der Waals surface area contributed by atoms with Gasteiger partial charge in [0.15, 0.2) is 0 Å². The molecule has 5 nitrogen and oxygen atoms in total. The molecule has 110 valence electrons. The van der Waals surface area contributed by atoms with Crippen LogP contribution in [0.3, 0.4) is 0 Å². The van der Waals surface area contributed by atoms with Crippen LogP contribution in [0, 0.1) is 5.92 Å². The fraction of sp³-hybridized carbons (Fsp3) is 0.500. The first-order valence-electron chi connectivity index (χ1n) is 6.71. The molecule has 0 radical (unpaired) electrons. The van der Waals surface area contributed by atoms with Crippen LogP contribution in [0.25, 0.3) is 0 Å². The molecule has 2 atom stereocenters. The van der Waals surface area contributed by atoms with Crippen molar-refractivity contribution in [2.75, 3.05) is 0 Å². The fourth-order valence-electron chi connectivity index (χ4n) is 2.76. The maximum absolute atomic E-state index is 12.4. The van der Waals surface area contributed by atoms with Gasteiger partial charge in [0.1, 0.15) is 5.54 Å². The summed E-state index contributed by atoms with van der Waals surface area (Å²) in [6.07, 6.45) is 2.69. The molecule has 1 aliphatic carbocycles. The lowest BCUT2D eigenvalue weighted by atomic mass is 9.74. The molecule has 0 heterocycles. The van der Waals surface area contributed by atoms with Crippen LogP contribution in [0.15, 0.2) is 35.2 Å². The number of benzene rings is 1. The zero-order chi connectivity index (χ0) is 14.8. The molecule has 0 bridgehead atoms. The number of carboxylic acid groups (broad SMARTS) is 1. The van der Waals surface area contributed by atoms with Gasteiger partial charge in [0.25, 0.3) is 0 Å². The highest BCUT2D eigenvalue weighted by molar-refractivity contribution is 7.89. The molecule has 2 N–H and O–H groups in total. The average molecular weight is 297 g/mol. The van der Waals surface area contributed by atoms with E-state index in [1.807, 2.05) is 0 Å². The second kappa shape index (κ2) is 5.54. The van der Waals surface area contributed by atoms with Gasteiger partial charge in [0.05, 0.1) is 4.90 Å². The first-order valence-corrected chi connectivity index (χ1v) is 8.19. The van der Waals surface area contributed by atoms with E-state index in [0.29, 0.717) is 19.3 Å². The normalized spacial score (nSPS) is 27.1. The summed E-state index contributed by atoms with van der Waals surface area (Å²) in [7, 11) is -3.83. The first kappa shape index (κ1) is 15.0. The first-order chi connectivity index (χ1) is 9.38. The smallest absolute Gasteiger partial charge is 0.325 e. The minimum absolute atomic E-state index is 0.0957. The topological polar surface area (TPSA) is 83.5 Å². The fourth-order valence-corrected chi connectivity index (χ4v) is 4.26. The van der Waals surface area contributed by atoms with E-state index in [4.69, 9.17) is 0 Å². The van der Waals surface area contributed by atoms with Crippen molar-refractivity contribution in [2.45, 2.75) is 43.0 Å². The number of aliphatic carboxylic acids is 1. The van der Waals surface area contributed by atoms with E-state index in [9.17, 15) is 18.3 Å². The minimum atomic E-state index is -3.83. The molecule has 0 aromatic heterocycles. The van der Waals surface area contributed by atoms with Crippen molar-refractivity contribution in [1.82, 2.24) is 4.72 Å². The lowest BCUT2D eigenvalue weighted by molar-refractivity contribution is -0.147. The molecule has 20 heavy (non-hydrogen) atoms. The summed E-state index contributed by atoms with van der Waals surface area (Å²) >= 11 is 0. The van der Waals surface area contributed by atoms with Crippen molar-refractivity contribution in [3.8, 4) is 0 Å². The van der Waals surface area contributed by atoms with E-state index in [1.165, 1.54) is 12.1 Å². The van der Waals surface area contributed by atoms with Crippen LogP contribution in [-0.4, -0.2) is 25.0 Å². The Balaban J connectivity index is 2.36. The van der Waals surface area contributed by atoms with Crippen LogP contribution in [0.4, 0.5) is 0 Å². The Morgan fingerprint density at radius 3 is 2.50 bits per heavy atom. The van der Waals surface area contributed by atoms with Crippen LogP contribution in [0.2, 0.25) is 0 Å². The number of nitrogens with one attached hydrogen (secondary N) is 1. The van der Waals surface area contributed by atoms with Crippen molar-refractivity contribution in [3.05, 3.63) is 30.3 Å². The van der Waals surface area contributed by atoms with Crippen LogP contribution < -0.4 is 4.72 Å². The highest BCUT2D eigenvalue weighted by Crippen LogP contribution is 2.35. The number of rotatable bonds is 4. The lowest BCUT2D eigenvalue weighted by Gasteiger charge is -2.39. The lowest BCUT2D eigenvalue weighted by Crippen LogP contribution is -2.59. The molecule has 1 aromatic rings. The maximum atomic E-state index is 12.4. The van der Waals surface area contributed by atoms with Gasteiger partial charge in [-0.3, -0.25) is 4.79 Å². The third-order valence-corrected chi connectivity index (χ3v) is 5.58. The van der Waals surface area contributed by atoms with Crippen molar-refractivity contribution >= 4 is 16.0 Å². The summed E-state index contributed by atoms with van der Waals surface area (Å²) in [6.45, 7) is 1.79. The zero-order valence-corrected chi connectivity index (χ0v) is 12.2. The Kier molecular flexibility index (Phi) is 4.15. The SMILES string of the molecule is CC1CCCCC1(NS(=O)(=O)c1ccccc1)C(=O)O. The Labute approximate surface area is 119 Å². The van der Waals surface area contributed by atoms with Crippen molar-refractivity contribution in [3.63, 3.8) is 0 Å². The Morgan fingerprint density at radius 2 is 1.95 bits per heavy atom. The Morgan fingerprint density at radius 1 is 1.30 bits per heavy atom. The van der Waals surface area contributed by atoms with Crippen molar-refractivity contribution in [1.29, 1.82) is 0 Å². The van der Waals surface area contributed by atoms with Gasteiger partial charge in [0.2, 0.25) is 10.0 Å².